The Bertz CT molecular complexity index is 748. The van der Waals surface area contributed by atoms with Crippen LogP contribution in [-0.4, -0.2) is 37.1 Å². The zero-order valence-corrected chi connectivity index (χ0v) is 13.8. The molecule has 0 fully saturated rings. The fourth-order valence-electron chi connectivity index (χ4n) is 2.87. The van der Waals surface area contributed by atoms with Gasteiger partial charge in [-0.25, -0.2) is 4.79 Å². The molecule has 0 unspecified atom stereocenters. The number of nitrogens with one attached hydrogen (secondary N) is 2. The van der Waals surface area contributed by atoms with E-state index in [2.05, 4.69) is 28.7 Å². The summed E-state index contributed by atoms with van der Waals surface area (Å²) in [7, 11) is 2.10. The Balaban J connectivity index is 1.62. The molecule has 3 rings (SSSR count). The Morgan fingerprint density at radius 3 is 2.96 bits per heavy atom. The monoisotopic (exact) mass is 313 g/mol. The van der Waals surface area contributed by atoms with Crippen LogP contribution >= 0.6 is 0 Å². The van der Waals surface area contributed by atoms with Crippen molar-refractivity contribution in [1.29, 1.82) is 0 Å². The maximum Gasteiger partial charge on any atom is 0.319 e. The van der Waals surface area contributed by atoms with Crippen LogP contribution in [-0.2, 0) is 0 Å². The van der Waals surface area contributed by atoms with Crippen molar-refractivity contribution in [2.75, 3.05) is 25.5 Å². The van der Waals surface area contributed by atoms with Gasteiger partial charge in [-0.2, -0.15) is 0 Å². The van der Waals surface area contributed by atoms with E-state index in [0.717, 1.165) is 41.7 Å². The highest BCUT2D eigenvalue weighted by atomic mass is 16.3. The molecule has 0 saturated carbocycles. The largest absolute Gasteiger partial charge is 0.464 e. The van der Waals surface area contributed by atoms with Gasteiger partial charge in [0.15, 0.2) is 0 Å². The Morgan fingerprint density at radius 2 is 2.22 bits per heavy atom. The van der Waals surface area contributed by atoms with Gasteiger partial charge in [0.05, 0.1) is 6.26 Å². The van der Waals surface area contributed by atoms with Crippen molar-refractivity contribution in [3.8, 4) is 0 Å². The number of aryl methyl sites for hydroxylation is 1. The molecule has 2 N–H and O–H groups in total. The zero-order valence-electron chi connectivity index (χ0n) is 13.8. The zero-order chi connectivity index (χ0) is 16.4. The van der Waals surface area contributed by atoms with Crippen LogP contribution in [0.15, 0.2) is 40.5 Å². The van der Waals surface area contributed by atoms with Gasteiger partial charge in [-0.1, -0.05) is 6.08 Å². The SMILES string of the molecule is Cc1coc2ccc(NC(=O)N[C@@H](C)C3=CCN(C)CC3)cc12. The van der Waals surface area contributed by atoms with Crippen LogP contribution in [0.3, 0.4) is 0 Å². The molecular formula is C18H23N3O2. The second-order valence-electron chi connectivity index (χ2n) is 6.24. The Morgan fingerprint density at radius 1 is 1.39 bits per heavy atom. The smallest absolute Gasteiger partial charge is 0.319 e. The highest BCUT2D eigenvalue weighted by Crippen LogP contribution is 2.24. The normalized spacial score (nSPS) is 16.9. The van der Waals surface area contributed by atoms with Gasteiger partial charge in [-0.15, -0.1) is 0 Å². The van der Waals surface area contributed by atoms with Crippen molar-refractivity contribution in [2.24, 2.45) is 0 Å². The summed E-state index contributed by atoms with van der Waals surface area (Å²) in [5.74, 6) is 0. The van der Waals surface area contributed by atoms with E-state index in [1.807, 2.05) is 32.0 Å². The van der Waals surface area contributed by atoms with Crippen LogP contribution in [0.2, 0.25) is 0 Å². The predicted octanol–water partition coefficient (Wildman–Crippen LogP) is 3.51. The molecule has 1 aliphatic heterocycles. The highest BCUT2D eigenvalue weighted by molar-refractivity contribution is 5.93. The molecule has 1 aliphatic rings. The van der Waals surface area contributed by atoms with Gasteiger partial charge in [0.1, 0.15) is 5.58 Å². The standard InChI is InChI=1S/C18H23N3O2/c1-12-11-23-17-5-4-15(10-16(12)17)20-18(22)19-13(2)14-6-8-21(3)9-7-14/h4-6,10-11,13H,7-9H2,1-3H3,(H2,19,20,22)/t13-/m0/s1. The number of urea groups is 1. The van der Waals surface area contributed by atoms with Crippen LogP contribution in [0.1, 0.15) is 18.9 Å². The van der Waals surface area contributed by atoms with Crippen LogP contribution in [0.4, 0.5) is 10.5 Å². The van der Waals surface area contributed by atoms with Gasteiger partial charge < -0.3 is 20.0 Å². The first-order valence-electron chi connectivity index (χ1n) is 7.96. The summed E-state index contributed by atoms with van der Waals surface area (Å²) in [6, 6.07) is 5.53. The van der Waals surface area contributed by atoms with E-state index < -0.39 is 0 Å². The average Bonchev–Trinajstić information content (AvgIpc) is 2.89. The third-order valence-corrected chi connectivity index (χ3v) is 4.38. The maximum atomic E-state index is 12.2. The molecule has 1 aromatic heterocycles. The van der Waals surface area contributed by atoms with Gasteiger partial charge in [0, 0.05) is 30.2 Å². The molecule has 2 heterocycles. The minimum absolute atomic E-state index is 0.0445. The third-order valence-electron chi connectivity index (χ3n) is 4.38. The summed E-state index contributed by atoms with van der Waals surface area (Å²) in [6.45, 7) is 6.00. The van der Waals surface area contributed by atoms with Crippen molar-refractivity contribution < 1.29 is 9.21 Å². The molecule has 0 radical (unpaired) electrons. The molecule has 2 aromatic rings. The first-order valence-corrected chi connectivity index (χ1v) is 7.96. The van der Waals surface area contributed by atoms with E-state index in [1.54, 1.807) is 6.26 Å². The second kappa shape index (κ2) is 6.46. The lowest BCUT2D eigenvalue weighted by Gasteiger charge is -2.26. The number of rotatable bonds is 3. The molecule has 5 heteroatoms. The van der Waals surface area contributed by atoms with E-state index in [-0.39, 0.29) is 12.1 Å². The Labute approximate surface area is 136 Å². The van der Waals surface area contributed by atoms with Crippen LogP contribution < -0.4 is 10.6 Å². The van der Waals surface area contributed by atoms with Gasteiger partial charge in [0.2, 0.25) is 0 Å². The topological polar surface area (TPSA) is 57.5 Å². The van der Waals surface area contributed by atoms with Gasteiger partial charge in [0.25, 0.3) is 0 Å². The number of furan rings is 1. The maximum absolute atomic E-state index is 12.2. The van der Waals surface area contributed by atoms with Gasteiger partial charge in [-0.05, 0) is 56.7 Å². The number of carbonyl (C=O) groups is 1. The number of amides is 2. The van der Waals surface area contributed by atoms with E-state index in [9.17, 15) is 4.79 Å². The van der Waals surface area contributed by atoms with Crippen LogP contribution in [0, 0.1) is 6.92 Å². The summed E-state index contributed by atoms with van der Waals surface area (Å²) >= 11 is 0. The summed E-state index contributed by atoms with van der Waals surface area (Å²) in [5.41, 5.74) is 3.95. The minimum atomic E-state index is -0.183. The van der Waals surface area contributed by atoms with Crippen molar-refractivity contribution in [3.63, 3.8) is 0 Å². The average molecular weight is 313 g/mol. The van der Waals surface area contributed by atoms with Crippen molar-refractivity contribution >= 4 is 22.7 Å². The number of hydrogen-bond donors (Lipinski definition) is 2. The molecule has 0 saturated heterocycles. The predicted molar refractivity (Wildman–Crippen MR) is 92.8 cm³/mol. The van der Waals surface area contributed by atoms with Crippen LogP contribution in [0.25, 0.3) is 11.0 Å². The Hall–Kier alpha value is -2.27. The number of nitrogens with zero attached hydrogens (tertiary/aromatic N) is 1. The van der Waals surface area contributed by atoms with E-state index in [1.165, 1.54) is 5.57 Å². The fraction of sp³-hybridized carbons (Fsp3) is 0.389. The van der Waals surface area contributed by atoms with Gasteiger partial charge in [-0.3, -0.25) is 0 Å². The van der Waals surface area contributed by atoms with Gasteiger partial charge >= 0.3 is 6.03 Å². The number of likely N-dealkylation sites (N-methyl/N-ethyl adjacent to an activating group) is 1. The number of benzene rings is 1. The molecule has 23 heavy (non-hydrogen) atoms. The summed E-state index contributed by atoms with van der Waals surface area (Å²) in [6.07, 6.45) is 4.93. The third kappa shape index (κ3) is 3.56. The number of hydrogen-bond acceptors (Lipinski definition) is 3. The highest BCUT2D eigenvalue weighted by Gasteiger charge is 2.16. The second-order valence-corrected chi connectivity index (χ2v) is 6.24. The first-order chi connectivity index (χ1) is 11.0. The molecule has 1 atom stereocenters. The lowest BCUT2D eigenvalue weighted by molar-refractivity contribution is 0.250. The summed E-state index contributed by atoms with van der Waals surface area (Å²) in [5, 5.41) is 6.93. The lowest BCUT2D eigenvalue weighted by Crippen LogP contribution is -2.39. The van der Waals surface area contributed by atoms with E-state index in [4.69, 9.17) is 4.42 Å². The number of anilines is 1. The minimum Gasteiger partial charge on any atom is -0.464 e. The molecule has 5 nitrogen and oxygen atoms in total. The number of carbonyl (C=O) groups excluding carboxylic acids is 1. The molecule has 122 valence electrons. The Kier molecular flexibility index (Phi) is 4.39. The first kappa shape index (κ1) is 15.6. The molecule has 0 bridgehead atoms. The molecule has 2 amide bonds. The summed E-state index contributed by atoms with van der Waals surface area (Å²) < 4.78 is 5.42. The molecule has 0 spiro atoms. The fourth-order valence-corrected chi connectivity index (χ4v) is 2.87. The van der Waals surface area contributed by atoms with Crippen LogP contribution in [0.5, 0.6) is 0 Å². The van der Waals surface area contributed by atoms with E-state index >= 15 is 0 Å². The van der Waals surface area contributed by atoms with Crippen molar-refractivity contribution in [1.82, 2.24) is 10.2 Å². The number of fused-ring (bicyclic) bond motifs is 1. The van der Waals surface area contributed by atoms with E-state index in [0.29, 0.717) is 0 Å². The van der Waals surface area contributed by atoms with Crippen molar-refractivity contribution in [3.05, 3.63) is 41.7 Å². The molecular weight excluding hydrogens is 290 g/mol. The summed E-state index contributed by atoms with van der Waals surface area (Å²) in [4.78, 5) is 14.5. The van der Waals surface area contributed by atoms with Crippen molar-refractivity contribution in [2.45, 2.75) is 26.3 Å². The quantitative estimate of drug-likeness (QED) is 0.853. The molecule has 1 aromatic carbocycles. The molecule has 0 aliphatic carbocycles. The lowest BCUT2D eigenvalue weighted by atomic mass is 10.0.